The highest BCUT2D eigenvalue weighted by molar-refractivity contribution is 5.85. The van der Waals surface area contributed by atoms with E-state index in [9.17, 15) is 4.79 Å². The van der Waals surface area contributed by atoms with Crippen LogP contribution in [0, 0.1) is 5.92 Å². The Kier molecular flexibility index (Phi) is 6.90. The number of aromatic nitrogens is 3. The highest BCUT2D eigenvalue weighted by atomic mass is 35.5. The summed E-state index contributed by atoms with van der Waals surface area (Å²) in [5.41, 5.74) is 5.80. The lowest BCUT2D eigenvalue weighted by Gasteiger charge is -2.34. The maximum atomic E-state index is 12.1. The maximum Gasteiger partial charge on any atom is 0.241 e. The highest BCUT2D eigenvalue weighted by Crippen LogP contribution is 2.18. The molecule has 0 aliphatic carbocycles. The Morgan fingerprint density at radius 3 is 3.05 bits per heavy atom. The minimum Gasteiger partial charge on any atom is -0.383 e. The zero-order valence-electron chi connectivity index (χ0n) is 11.6. The number of hydrogen-bond acceptors (Lipinski definition) is 5. The number of nitrogens with two attached hydrogens (primary N) is 1. The fourth-order valence-electron chi connectivity index (χ4n) is 2.49. The summed E-state index contributed by atoms with van der Waals surface area (Å²) in [6, 6.07) is -0.560. The molecule has 0 saturated carbocycles. The van der Waals surface area contributed by atoms with Crippen molar-refractivity contribution >= 4 is 18.3 Å². The van der Waals surface area contributed by atoms with Crippen molar-refractivity contribution in [3.8, 4) is 0 Å². The molecule has 2 N–H and O–H groups in total. The quantitative estimate of drug-likeness (QED) is 0.822. The molecule has 8 heteroatoms. The van der Waals surface area contributed by atoms with Gasteiger partial charge in [-0.3, -0.25) is 9.48 Å². The van der Waals surface area contributed by atoms with Crippen LogP contribution in [-0.2, 0) is 16.1 Å². The number of methoxy groups -OCH3 is 1. The predicted octanol–water partition coefficient (Wildman–Crippen LogP) is -0.0878. The zero-order valence-corrected chi connectivity index (χ0v) is 12.5. The number of carbonyl (C=O) groups is 1. The van der Waals surface area contributed by atoms with Gasteiger partial charge in [0.2, 0.25) is 5.91 Å². The molecule has 0 bridgehead atoms. The molecule has 1 saturated heterocycles. The Balaban J connectivity index is 0.00000200. The van der Waals surface area contributed by atoms with Crippen molar-refractivity contribution in [1.82, 2.24) is 19.9 Å². The van der Waals surface area contributed by atoms with Crippen LogP contribution in [-0.4, -0.2) is 58.6 Å². The summed E-state index contributed by atoms with van der Waals surface area (Å²) in [5, 5.41) is 7.75. The van der Waals surface area contributed by atoms with Gasteiger partial charge in [-0.2, -0.15) is 0 Å². The Bertz CT molecular complexity index is 401. The minimum atomic E-state index is -0.560. The molecule has 2 heterocycles. The summed E-state index contributed by atoms with van der Waals surface area (Å²) >= 11 is 0. The van der Waals surface area contributed by atoms with Crippen LogP contribution in [0.25, 0.3) is 0 Å². The van der Waals surface area contributed by atoms with E-state index in [1.165, 1.54) is 0 Å². The average molecular weight is 304 g/mol. The molecular weight excluding hydrogens is 282 g/mol. The summed E-state index contributed by atoms with van der Waals surface area (Å²) in [5.74, 6) is 0.388. The summed E-state index contributed by atoms with van der Waals surface area (Å²) in [6.07, 6.45) is 5.62. The second-order valence-corrected chi connectivity index (χ2v) is 4.98. The van der Waals surface area contributed by atoms with Crippen LogP contribution in [0.5, 0.6) is 0 Å². The lowest BCUT2D eigenvalue weighted by atomic mass is 9.97. The summed E-state index contributed by atoms with van der Waals surface area (Å²) in [4.78, 5) is 14.0. The Hall–Kier alpha value is -1.18. The highest BCUT2D eigenvalue weighted by Gasteiger charge is 2.27. The van der Waals surface area contributed by atoms with E-state index in [2.05, 4.69) is 10.3 Å². The van der Waals surface area contributed by atoms with E-state index in [0.29, 0.717) is 5.92 Å². The van der Waals surface area contributed by atoms with Gasteiger partial charge in [0, 0.05) is 32.9 Å². The van der Waals surface area contributed by atoms with Crippen molar-refractivity contribution in [3.63, 3.8) is 0 Å². The van der Waals surface area contributed by atoms with Crippen molar-refractivity contribution in [2.24, 2.45) is 11.7 Å². The van der Waals surface area contributed by atoms with Crippen molar-refractivity contribution < 1.29 is 9.53 Å². The van der Waals surface area contributed by atoms with Gasteiger partial charge in [0.1, 0.15) is 6.04 Å². The van der Waals surface area contributed by atoms with Gasteiger partial charge in [-0.25, -0.2) is 0 Å². The largest absolute Gasteiger partial charge is 0.383 e. The molecule has 1 aromatic rings. The molecule has 2 unspecified atom stereocenters. The minimum absolute atomic E-state index is 0. The van der Waals surface area contributed by atoms with Crippen LogP contribution in [0.1, 0.15) is 12.8 Å². The zero-order chi connectivity index (χ0) is 13.7. The van der Waals surface area contributed by atoms with Crippen molar-refractivity contribution in [2.45, 2.75) is 25.4 Å². The van der Waals surface area contributed by atoms with E-state index in [1.54, 1.807) is 13.3 Å². The molecule has 2 atom stereocenters. The van der Waals surface area contributed by atoms with Gasteiger partial charge >= 0.3 is 0 Å². The van der Waals surface area contributed by atoms with Gasteiger partial charge in [0.15, 0.2) is 0 Å². The summed E-state index contributed by atoms with van der Waals surface area (Å²) < 4.78 is 6.75. The molecule has 2 rings (SSSR count). The molecule has 1 fully saturated rings. The monoisotopic (exact) mass is 303 g/mol. The number of piperidine rings is 1. The lowest BCUT2D eigenvalue weighted by Crippen LogP contribution is -2.50. The van der Waals surface area contributed by atoms with Gasteiger partial charge in [-0.05, 0) is 18.8 Å². The normalized spacial score (nSPS) is 20.3. The Labute approximate surface area is 124 Å². The molecule has 20 heavy (non-hydrogen) atoms. The second kappa shape index (κ2) is 8.18. The van der Waals surface area contributed by atoms with Gasteiger partial charge in [-0.15, -0.1) is 17.5 Å². The Morgan fingerprint density at radius 1 is 1.60 bits per heavy atom. The SMILES string of the molecule is COCC(N)C(=O)N1CCCC(Cn2ccnn2)C1.Cl. The number of halogens is 1. The van der Waals surface area contributed by atoms with Gasteiger partial charge in [0.05, 0.1) is 12.8 Å². The standard InChI is InChI=1S/C12H21N5O2.ClH/c1-19-9-11(13)12(18)16-5-2-3-10(7-16)8-17-6-4-14-15-17;/h4,6,10-11H,2-3,5,7-9,13H2,1H3;1H. The molecule has 0 radical (unpaired) electrons. The van der Waals surface area contributed by atoms with Crippen molar-refractivity contribution in [1.29, 1.82) is 0 Å². The lowest BCUT2D eigenvalue weighted by molar-refractivity contribution is -0.135. The van der Waals surface area contributed by atoms with E-state index in [1.807, 2.05) is 15.8 Å². The van der Waals surface area contributed by atoms with Crippen molar-refractivity contribution in [3.05, 3.63) is 12.4 Å². The predicted molar refractivity (Wildman–Crippen MR) is 76.4 cm³/mol. The first-order valence-corrected chi connectivity index (χ1v) is 6.58. The molecule has 0 spiro atoms. The van der Waals surface area contributed by atoms with Crippen LogP contribution in [0.4, 0.5) is 0 Å². The fraction of sp³-hybridized carbons (Fsp3) is 0.750. The van der Waals surface area contributed by atoms with E-state index in [4.69, 9.17) is 10.5 Å². The number of ether oxygens (including phenoxy) is 1. The van der Waals surface area contributed by atoms with Gasteiger partial charge in [-0.1, -0.05) is 5.21 Å². The van der Waals surface area contributed by atoms with Crippen LogP contribution in [0.2, 0.25) is 0 Å². The third-order valence-electron chi connectivity index (χ3n) is 3.41. The smallest absolute Gasteiger partial charge is 0.241 e. The fourth-order valence-corrected chi connectivity index (χ4v) is 2.49. The number of hydrogen-bond donors (Lipinski definition) is 1. The van der Waals surface area contributed by atoms with Crippen LogP contribution < -0.4 is 5.73 Å². The van der Waals surface area contributed by atoms with E-state index in [-0.39, 0.29) is 24.9 Å². The van der Waals surface area contributed by atoms with Gasteiger partial charge in [0.25, 0.3) is 0 Å². The van der Waals surface area contributed by atoms with Crippen LogP contribution >= 0.6 is 12.4 Å². The summed E-state index contributed by atoms with van der Waals surface area (Å²) in [7, 11) is 1.55. The third kappa shape index (κ3) is 4.43. The first-order valence-electron chi connectivity index (χ1n) is 6.58. The number of carbonyl (C=O) groups excluding carboxylic acids is 1. The number of likely N-dealkylation sites (tertiary alicyclic amines) is 1. The first kappa shape index (κ1) is 16.9. The number of amides is 1. The number of rotatable bonds is 5. The Morgan fingerprint density at radius 2 is 2.40 bits per heavy atom. The molecule has 114 valence electrons. The second-order valence-electron chi connectivity index (χ2n) is 4.98. The van der Waals surface area contributed by atoms with Crippen molar-refractivity contribution in [2.75, 3.05) is 26.8 Å². The summed E-state index contributed by atoms with van der Waals surface area (Å²) in [6.45, 7) is 2.58. The number of nitrogens with zero attached hydrogens (tertiary/aromatic N) is 4. The molecule has 1 aliphatic rings. The first-order chi connectivity index (χ1) is 9.20. The average Bonchev–Trinajstić information content (AvgIpc) is 2.91. The molecule has 7 nitrogen and oxygen atoms in total. The van der Waals surface area contributed by atoms with Crippen LogP contribution in [0.3, 0.4) is 0 Å². The molecule has 1 aliphatic heterocycles. The maximum absolute atomic E-state index is 12.1. The van der Waals surface area contributed by atoms with Gasteiger partial charge < -0.3 is 15.4 Å². The van der Waals surface area contributed by atoms with E-state index < -0.39 is 6.04 Å². The van der Waals surface area contributed by atoms with E-state index >= 15 is 0 Å². The topological polar surface area (TPSA) is 86.3 Å². The molecule has 1 amide bonds. The molecule has 1 aromatic heterocycles. The van der Waals surface area contributed by atoms with Crippen LogP contribution in [0.15, 0.2) is 12.4 Å². The third-order valence-corrected chi connectivity index (χ3v) is 3.41. The molecule has 0 aromatic carbocycles. The van der Waals surface area contributed by atoms with E-state index in [0.717, 1.165) is 32.5 Å². The molecular formula is C12H22ClN5O2.